The maximum atomic E-state index is 12.7. The summed E-state index contributed by atoms with van der Waals surface area (Å²) in [6.45, 7) is 4.82. The molecule has 0 aromatic heterocycles. The van der Waals surface area contributed by atoms with Crippen LogP contribution < -0.4 is 5.32 Å². The zero-order valence-corrected chi connectivity index (χ0v) is 12.0. The Morgan fingerprint density at radius 3 is 2.52 bits per heavy atom. The van der Waals surface area contributed by atoms with E-state index in [1.165, 1.54) is 4.90 Å². The summed E-state index contributed by atoms with van der Waals surface area (Å²) in [6, 6.07) is 9.00. The van der Waals surface area contributed by atoms with Crippen molar-refractivity contribution in [3.05, 3.63) is 35.9 Å². The highest BCUT2D eigenvalue weighted by molar-refractivity contribution is 6.07. The second-order valence-electron chi connectivity index (χ2n) is 5.53. The Morgan fingerprint density at radius 1 is 1.19 bits per heavy atom. The number of nitrogens with zero attached hydrogens (tertiary/aromatic N) is 2. The predicted molar refractivity (Wildman–Crippen MR) is 76.4 cm³/mol. The summed E-state index contributed by atoms with van der Waals surface area (Å²) in [4.78, 5) is 28.2. The summed E-state index contributed by atoms with van der Waals surface area (Å²) in [5.74, 6) is -0.204. The van der Waals surface area contributed by atoms with E-state index in [-0.39, 0.29) is 11.9 Å². The first-order chi connectivity index (χ1) is 10.1. The summed E-state index contributed by atoms with van der Waals surface area (Å²) < 4.78 is 5.28. The topological polar surface area (TPSA) is 61.9 Å². The van der Waals surface area contributed by atoms with Crippen molar-refractivity contribution >= 4 is 11.9 Å². The Labute approximate surface area is 123 Å². The maximum absolute atomic E-state index is 12.7. The van der Waals surface area contributed by atoms with Crippen LogP contribution in [0.25, 0.3) is 0 Å². The number of amides is 3. The minimum atomic E-state index is -0.982. The number of morpholine rings is 1. The third-order valence-corrected chi connectivity index (χ3v) is 4.07. The second kappa shape index (κ2) is 5.46. The standard InChI is InChI=1S/C15H19N3O3/c1-15(12-5-3-2-4-6-12)13(19)18(14(20)16-15)11-17-7-9-21-10-8-17/h2-6H,7-11H2,1H3,(H,16,20)/t15-/m1/s1. The fourth-order valence-electron chi connectivity index (χ4n) is 2.74. The van der Waals surface area contributed by atoms with Crippen molar-refractivity contribution in [2.45, 2.75) is 12.5 Å². The summed E-state index contributed by atoms with van der Waals surface area (Å²) >= 11 is 0. The third-order valence-electron chi connectivity index (χ3n) is 4.07. The van der Waals surface area contributed by atoms with Crippen LogP contribution >= 0.6 is 0 Å². The molecule has 2 heterocycles. The van der Waals surface area contributed by atoms with Gasteiger partial charge in [-0.25, -0.2) is 9.69 Å². The molecule has 0 spiro atoms. The number of ether oxygens (including phenoxy) is 1. The zero-order chi connectivity index (χ0) is 14.9. The van der Waals surface area contributed by atoms with Gasteiger partial charge in [0.05, 0.1) is 19.9 Å². The van der Waals surface area contributed by atoms with E-state index in [9.17, 15) is 9.59 Å². The highest BCUT2D eigenvalue weighted by Gasteiger charge is 2.49. The number of imide groups is 1. The summed E-state index contributed by atoms with van der Waals surface area (Å²) in [5.41, 5.74) is -0.183. The lowest BCUT2D eigenvalue weighted by Crippen LogP contribution is -2.47. The van der Waals surface area contributed by atoms with Gasteiger partial charge in [0.2, 0.25) is 0 Å². The third kappa shape index (κ3) is 2.52. The van der Waals surface area contributed by atoms with Crippen LogP contribution in [0.4, 0.5) is 4.79 Å². The van der Waals surface area contributed by atoms with Crippen molar-refractivity contribution in [2.24, 2.45) is 0 Å². The van der Waals surface area contributed by atoms with Gasteiger partial charge in [-0.2, -0.15) is 0 Å². The highest BCUT2D eigenvalue weighted by atomic mass is 16.5. The molecule has 1 atom stereocenters. The number of nitrogens with one attached hydrogen (secondary N) is 1. The number of urea groups is 1. The molecule has 3 amide bonds. The molecule has 2 aliphatic heterocycles. The van der Waals surface area contributed by atoms with Gasteiger partial charge in [0.1, 0.15) is 5.54 Å². The number of rotatable bonds is 3. The van der Waals surface area contributed by atoms with E-state index in [1.807, 2.05) is 30.3 Å². The molecule has 0 radical (unpaired) electrons. The molecule has 1 aromatic rings. The predicted octanol–water partition coefficient (Wildman–Crippen LogP) is 0.743. The SMILES string of the molecule is C[C@]1(c2ccccc2)NC(=O)N(CN2CCOCC2)C1=O. The first kappa shape index (κ1) is 14.0. The van der Waals surface area contributed by atoms with Gasteiger partial charge < -0.3 is 10.1 Å². The largest absolute Gasteiger partial charge is 0.379 e. The molecule has 6 heteroatoms. The van der Waals surface area contributed by atoms with Gasteiger partial charge in [-0.05, 0) is 12.5 Å². The smallest absolute Gasteiger partial charge is 0.326 e. The number of hydrogen-bond donors (Lipinski definition) is 1. The Bertz CT molecular complexity index is 542. The van der Waals surface area contributed by atoms with Crippen LogP contribution in [0.3, 0.4) is 0 Å². The van der Waals surface area contributed by atoms with Gasteiger partial charge in [-0.3, -0.25) is 9.69 Å². The summed E-state index contributed by atoms with van der Waals surface area (Å²) in [6.07, 6.45) is 0. The van der Waals surface area contributed by atoms with Crippen molar-refractivity contribution in [2.75, 3.05) is 33.0 Å². The van der Waals surface area contributed by atoms with Crippen molar-refractivity contribution in [1.82, 2.24) is 15.1 Å². The van der Waals surface area contributed by atoms with E-state index in [2.05, 4.69) is 10.2 Å². The van der Waals surface area contributed by atoms with E-state index >= 15 is 0 Å². The molecule has 0 saturated carbocycles. The average Bonchev–Trinajstić information content (AvgIpc) is 2.74. The van der Waals surface area contributed by atoms with Crippen LogP contribution in [-0.2, 0) is 15.1 Å². The molecule has 2 aliphatic rings. The van der Waals surface area contributed by atoms with Gasteiger partial charge in [0.15, 0.2) is 0 Å². The Hall–Kier alpha value is -1.92. The molecule has 2 saturated heterocycles. The van der Waals surface area contributed by atoms with Crippen LogP contribution in [-0.4, -0.2) is 54.7 Å². The van der Waals surface area contributed by atoms with Gasteiger partial charge in [-0.1, -0.05) is 30.3 Å². The fraction of sp³-hybridized carbons (Fsp3) is 0.467. The number of benzene rings is 1. The lowest BCUT2D eigenvalue weighted by molar-refractivity contribution is -0.133. The second-order valence-corrected chi connectivity index (χ2v) is 5.53. The first-order valence-electron chi connectivity index (χ1n) is 7.11. The Balaban J connectivity index is 1.78. The summed E-state index contributed by atoms with van der Waals surface area (Å²) in [7, 11) is 0. The zero-order valence-electron chi connectivity index (χ0n) is 12.0. The molecule has 1 N–H and O–H groups in total. The van der Waals surface area contributed by atoms with Crippen molar-refractivity contribution in [3.8, 4) is 0 Å². The minimum absolute atomic E-state index is 0.204. The fourth-order valence-corrected chi connectivity index (χ4v) is 2.74. The first-order valence-corrected chi connectivity index (χ1v) is 7.11. The van der Waals surface area contributed by atoms with Crippen molar-refractivity contribution in [1.29, 1.82) is 0 Å². The normalized spacial score (nSPS) is 27.0. The average molecular weight is 289 g/mol. The highest BCUT2D eigenvalue weighted by Crippen LogP contribution is 2.28. The molecule has 112 valence electrons. The Kier molecular flexibility index (Phi) is 3.65. The van der Waals surface area contributed by atoms with E-state index < -0.39 is 5.54 Å². The monoisotopic (exact) mass is 289 g/mol. The van der Waals surface area contributed by atoms with Crippen LogP contribution in [0.1, 0.15) is 12.5 Å². The molecule has 6 nitrogen and oxygen atoms in total. The van der Waals surface area contributed by atoms with Crippen LogP contribution in [0, 0.1) is 0 Å². The molecule has 0 bridgehead atoms. The van der Waals surface area contributed by atoms with E-state index in [1.54, 1.807) is 6.92 Å². The van der Waals surface area contributed by atoms with Gasteiger partial charge >= 0.3 is 6.03 Å². The Morgan fingerprint density at radius 2 is 1.86 bits per heavy atom. The number of carbonyl (C=O) groups excluding carboxylic acids is 2. The molecular formula is C15H19N3O3. The number of hydrogen-bond acceptors (Lipinski definition) is 4. The van der Waals surface area contributed by atoms with Crippen LogP contribution in [0.2, 0.25) is 0 Å². The maximum Gasteiger partial charge on any atom is 0.326 e. The van der Waals surface area contributed by atoms with Crippen LogP contribution in [0.15, 0.2) is 30.3 Å². The quantitative estimate of drug-likeness (QED) is 0.834. The lowest BCUT2D eigenvalue weighted by Gasteiger charge is -2.30. The molecule has 0 aliphatic carbocycles. The summed E-state index contributed by atoms with van der Waals surface area (Å²) in [5, 5.41) is 2.82. The molecule has 0 unspecified atom stereocenters. The van der Waals surface area contributed by atoms with Gasteiger partial charge in [-0.15, -0.1) is 0 Å². The number of carbonyl (C=O) groups is 2. The lowest BCUT2D eigenvalue weighted by atomic mass is 9.92. The minimum Gasteiger partial charge on any atom is -0.379 e. The molecule has 21 heavy (non-hydrogen) atoms. The molecule has 2 fully saturated rings. The van der Waals surface area contributed by atoms with Crippen molar-refractivity contribution < 1.29 is 14.3 Å². The molecule has 1 aromatic carbocycles. The van der Waals surface area contributed by atoms with Crippen molar-refractivity contribution in [3.63, 3.8) is 0 Å². The van der Waals surface area contributed by atoms with Crippen LogP contribution in [0.5, 0.6) is 0 Å². The van der Waals surface area contributed by atoms with E-state index in [0.29, 0.717) is 19.9 Å². The van der Waals surface area contributed by atoms with E-state index in [4.69, 9.17) is 4.74 Å². The molecular weight excluding hydrogens is 270 g/mol. The van der Waals surface area contributed by atoms with E-state index in [0.717, 1.165) is 18.7 Å². The van der Waals surface area contributed by atoms with Gasteiger partial charge in [0, 0.05) is 13.1 Å². The molecule has 3 rings (SSSR count). The van der Waals surface area contributed by atoms with Gasteiger partial charge in [0.25, 0.3) is 5.91 Å².